The van der Waals surface area contributed by atoms with Gasteiger partial charge in [0, 0.05) is 10.1 Å². The molecule has 3 nitrogen and oxygen atoms in total. The molecule has 0 aliphatic heterocycles. The van der Waals surface area contributed by atoms with Gasteiger partial charge in [0.25, 0.3) is 0 Å². The Morgan fingerprint density at radius 2 is 2.25 bits per heavy atom. The number of hydrogen-bond acceptors (Lipinski definition) is 3. The zero-order chi connectivity index (χ0) is 12.0. The van der Waals surface area contributed by atoms with Crippen molar-refractivity contribution in [2.45, 2.75) is 19.4 Å². The van der Waals surface area contributed by atoms with Crippen LogP contribution in [-0.4, -0.2) is 30.4 Å². The van der Waals surface area contributed by atoms with Gasteiger partial charge in [0.2, 0.25) is 0 Å². The number of rotatable bonds is 6. The van der Waals surface area contributed by atoms with Crippen LogP contribution >= 0.6 is 22.6 Å². The lowest BCUT2D eigenvalue weighted by atomic mass is 10.1. The Balaban J connectivity index is 2.44. The highest BCUT2D eigenvalue weighted by atomic mass is 127. The van der Waals surface area contributed by atoms with Crippen molar-refractivity contribution < 1.29 is 9.84 Å². The second-order valence-electron chi connectivity index (χ2n) is 4.02. The standard InChI is InChI=1S/C12H18INO2/c1-3-14-8-12(2,15)9-16-11-6-4-5-10(13)7-11/h4-7,14-15H,3,8-9H2,1-2H3. The molecule has 1 aromatic carbocycles. The van der Waals surface area contributed by atoms with Crippen molar-refractivity contribution in [2.75, 3.05) is 19.7 Å². The lowest BCUT2D eigenvalue weighted by Gasteiger charge is -2.23. The Labute approximate surface area is 110 Å². The highest BCUT2D eigenvalue weighted by Crippen LogP contribution is 2.16. The smallest absolute Gasteiger partial charge is 0.120 e. The van der Waals surface area contributed by atoms with Crippen molar-refractivity contribution in [1.82, 2.24) is 5.32 Å². The summed E-state index contributed by atoms with van der Waals surface area (Å²) < 4.78 is 6.68. The summed E-state index contributed by atoms with van der Waals surface area (Å²) in [5.41, 5.74) is -0.836. The van der Waals surface area contributed by atoms with Gasteiger partial charge >= 0.3 is 0 Å². The number of halogens is 1. The number of likely N-dealkylation sites (N-methyl/N-ethyl adjacent to an activating group) is 1. The molecule has 16 heavy (non-hydrogen) atoms. The molecule has 0 fully saturated rings. The maximum atomic E-state index is 9.99. The first-order chi connectivity index (χ1) is 7.53. The van der Waals surface area contributed by atoms with E-state index in [1.807, 2.05) is 31.2 Å². The van der Waals surface area contributed by atoms with Crippen LogP contribution in [0, 0.1) is 3.57 Å². The molecule has 1 atom stereocenters. The highest BCUT2D eigenvalue weighted by Gasteiger charge is 2.20. The molecule has 4 heteroatoms. The quantitative estimate of drug-likeness (QED) is 0.782. The largest absolute Gasteiger partial charge is 0.491 e. The van der Waals surface area contributed by atoms with Crippen molar-refractivity contribution in [3.8, 4) is 5.75 Å². The van der Waals surface area contributed by atoms with E-state index in [0.717, 1.165) is 15.9 Å². The van der Waals surface area contributed by atoms with Crippen LogP contribution in [0.15, 0.2) is 24.3 Å². The fraction of sp³-hybridized carbons (Fsp3) is 0.500. The normalized spacial score (nSPS) is 14.5. The molecule has 0 amide bonds. The third-order valence-corrected chi connectivity index (χ3v) is 2.77. The molecule has 0 saturated carbocycles. The molecule has 0 aromatic heterocycles. The number of benzene rings is 1. The van der Waals surface area contributed by atoms with Gasteiger partial charge in [-0.3, -0.25) is 0 Å². The summed E-state index contributed by atoms with van der Waals surface area (Å²) >= 11 is 2.23. The van der Waals surface area contributed by atoms with Crippen molar-refractivity contribution >= 4 is 22.6 Å². The number of ether oxygens (including phenoxy) is 1. The van der Waals surface area contributed by atoms with E-state index in [-0.39, 0.29) is 0 Å². The topological polar surface area (TPSA) is 41.5 Å². The molecule has 1 aromatic rings. The molecular weight excluding hydrogens is 317 g/mol. The van der Waals surface area contributed by atoms with E-state index in [4.69, 9.17) is 4.74 Å². The van der Waals surface area contributed by atoms with Crippen molar-refractivity contribution in [2.24, 2.45) is 0 Å². The molecule has 2 N–H and O–H groups in total. The van der Waals surface area contributed by atoms with Crippen molar-refractivity contribution in [3.05, 3.63) is 27.8 Å². The van der Waals surface area contributed by atoms with Crippen LogP contribution < -0.4 is 10.1 Å². The van der Waals surface area contributed by atoms with Gasteiger partial charge in [0.05, 0.1) is 0 Å². The fourth-order valence-corrected chi connectivity index (χ4v) is 1.76. The maximum absolute atomic E-state index is 9.99. The van der Waals surface area contributed by atoms with E-state index in [0.29, 0.717) is 13.2 Å². The third kappa shape index (κ3) is 5.14. The van der Waals surface area contributed by atoms with Gasteiger partial charge in [-0.1, -0.05) is 13.0 Å². The van der Waals surface area contributed by atoms with Crippen LogP contribution in [0.4, 0.5) is 0 Å². The average Bonchev–Trinajstić information content (AvgIpc) is 2.24. The first-order valence-electron chi connectivity index (χ1n) is 5.35. The van der Waals surface area contributed by atoms with Gasteiger partial charge in [0.1, 0.15) is 18.0 Å². The molecule has 0 saturated heterocycles. The summed E-state index contributed by atoms with van der Waals surface area (Å²) in [7, 11) is 0. The molecule has 0 aliphatic rings. The first-order valence-corrected chi connectivity index (χ1v) is 6.43. The molecule has 0 spiro atoms. The Morgan fingerprint density at radius 1 is 1.50 bits per heavy atom. The lowest BCUT2D eigenvalue weighted by Crippen LogP contribution is -2.42. The molecular formula is C12H18INO2. The number of hydrogen-bond donors (Lipinski definition) is 2. The summed E-state index contributed by atoms with van der Waals surface area (Å²) in [4.78, 5) is 0. The Kier molecular flexibility index (Phi) is 5.51. The lowest BCUT2D eigenvalue weighted by molar-refractivity contribution is 0.0127. The van der Waals surface area contributed by atoms with Gasteiger partial charge < -0.3 is 15.2 Å². The zero-order valence-corrected chi connectivity index (χ0v) is 11.8. The van der Waals surface area contributed by atoms with E-state index in [1.54, 1.807) is 6.92 Å². The summed E-state index contributed by atoms with van der Waals surface area (Å²) in [5.74, 6) is 0.795. The maximum Gasteiger partial charge on any atom is 0.120 e. The second kappa shape index (κ2) is 6.42. The van der Waals surface area contributed by atoms with Gasteiger partial charge in [0.15, 0.2) is 0 Å². The zero-order valence-electron chi connectivity index (χ0n) is 9.66. The van der Waals surface area contributed by atoms with Crippen molar-refractivity contribution in [3.63, 3.8) is 0 Å². The molecule has 90 valence electrons. The molecule has 0 aliphatic carbocycles. The van der Waals surface area contributed by atoms with Gasteiger partial charge in [-0.15, -0.1) is 0 Å². The van der Waals surface area contributed by atoms with E-state index in [9.17, 15) is 5.11 Å². The Hall–Kier alpha value is -0.330. The van der Waals surface area contributed by atoms with Crippen molar-refractivity contribution in [1.29, 1.82) is 0 Å². The Morgan fingerprint density at radius 3 is 2.88 bits per heavy atom. The van der Waals surface area contributed by atoms with Gasteiger partial charge in [-0.25, -0.2) is 0 Å². The monoisotopic (exact) mass is 335 g/mol. The highest BCUT2D eigenvalue weighted by molar-refractivity contribution is 14.1. The van der Waals surface area contributed by atoms with Crippen LogP contribution in [0.3, 0.4) is 0 Å². The van der Waals surface area contributed by atoms with Crippen LogP contribution in [0.25, 0.3) is 0 Å². The van der Waals surface area contributed by atoms with E-state index in [2.05, 4.69) is 27.9 Å². The second-order valence-corrected chi connectivity index (χ2v) is 5.27. The summed E-state index contributed by atoms with van der Waals surface area (Å²) in [6.07, 6.45) is 0. The average molecular weight is 335 g/mol. The summed E-state index contributed by atoms with van der Waals surface area (Å²) in [5, 5.41) is 13.1. The van der Waals surface area contributed by atoms with E-state index < -0.39 is 5.60 Å². The predicted molar refractivity (Wildman–Crippen MR) is 73.8 cm³/mol. The molecule has 0 heterocycles. The molecule has 0 bridgehead atoms. The third-order valence-electron chi connectivity index (χ3n) is 2.10. The molecule has 1 rings (SSSR count). The van der Waals surface area contributed by atoms with Crippen LogP contribution in [0.2, 0.25) is 0 Å². The minimum atomic E-state index is -0.836. The molecule has 1 unspecified atom stereocenters. The minimum absolute atomic E-state index is 0.292. The number of aliphatic hydroxyl groups is 1. The number of nitrogens with one attached hydrogen (secondary N) is 1. The van der Waals surface area contributed by atoms with Crippen LogP contribution in [0.5, 0.6) is 5.75 Å². The predicted octanol–water partition coefficient (Wildman–Crippen LogP) is 2.03. The van der Waals surface area contributed by atoms with Crippen LogP contribution in [-0.2, 0) is 0 Å². The Bertz CT molecular complexity index is 329. The summed E-state index contributed by atoms with van der Waals surface area (Å²) in [6.45, 7) is 5.45. The molecule has 0 radical (unpaired) electrons. The van der Waals surface area contributed by atoms with Gasteiger partial charge in [-0.2, -0.15) is 0 Å². The van der Waals surface area contributed by atoms with Gasteiger partial charge in [-0.05, 0) is 54.3 Å². The fourth-order valence-electron chi connectivity index (χ4n) is 1.24. The first kappa shape index (κ1) is 13.7. The van der Waals surface area contributed by atoms with Crippen LogP contribution in [0.1, 0.15) is 13.8 Å². The van der Waals surface area contributed by atoms with E-state index >= 15 is 0 Å². The van der Waals surface area contributed by atoms with E-state index in [1.165, 1.54) is 0 Å². The summed E-state index contributed by atoms with van der Waals surface area (Å²) in [6, 6.07) is 7.79. The minimum Gasteiger partial charge on any atom is -0.491 e. The SMILES string of the molecule is CCNCC(C)(O)COc1cccc(I)c1.